The number of nitrogens with zero attached hydrogens (tertiary/aromatic N) is 2. The van der Waals surface area contributed by atoms with E-state index in [-0.39, 0.29) is 0 Å². The topological polar surface area (TPSA) is 25.8 Å². The maximum Gasteiger partial charge on any atom is 0.0401 e. The average Bonchev–Trinajstić information content (AvgIpc) is 2.49. The van der Waals surface area contributed by atoms with Gasteiger partial charge in [0, 0.05) is 24.3 Å². The van der Waals surface area contributed by atoms with Gasteiger partial charge in [0.1, 0.15) is 0 Å². The van der Waals surface area contributed by atoms with Gasteiger partial charge in [-0.3, -0.25) is 9.97 Å². The molecule has 0 atom stereocenters. The molecular weight excluding hydrogens is 220 g/mol. The molecule has 0 aliphatic heterocycles. The zero-order valence-corrected chi connectivity index (χ0v) is 10.7. The first-order chi connectivity index (χ1) is 8.80. The summed E-state index contributed by atoms with van der Waals surface area (Å²) in [6, 6.07) is 7.87. The zero-order valence-electron chi connectivity index (χ0n) is 10.7. The minimum Gasteiger partial charge on any atom is -0.265 e. The van der Waals surface area contributed by atoms with E-state index in [0.717, 1.165) is 23.2 Å². The fourth-order valence-electron chi connectivity index (χ4n) is 1.27. The Morgan fingerprint density at radius 2 is 1.67 bits per heavy atom. The molecule has 2 nitrogen and oxygen atoms in total. The van der Waals surface area contributed by atoms with Crippen molar-refractivity contribution >= 4 is 12.2 Å². The SMILES string of the molecule is C=Cc1ccc(CC)nc1.C=Cc1ccncc1. The summed E-state index contributed by atoms with van der Waals surface area (Å²) in [5, 5.41) is 0. The molecule has 0 saturated carbocycles. The van der Waals surface area contributed by atoms with Gasteiger partial charge in [0.25, 0.3) is 0 Å². The minimum atomic E-state index is 0.997. The van der Waals surface area contributed by atoms with Crippen molar-refractivity contribution < 1.29 is 0 Å². The molecule has 0 aliphatic carbocycles. The van der Waals surface area contributed by atoms with Crippen LogP contribution in [0.4, 0.5) is 0 Å². The van der Waals surface area contributed by atoms with Crippen molar-refractivity contribution in [3.05, 3.63) is 72.8 Å². The number of aromatic nitrogens is 2. The van der Waals surface area contributed by atoms with Crippen LogP contribution in [0.2, 0.25) is 0 Å². The molecule has 2 heteroatoms. The van der Waals surface area contributed by atoms with Gasteiger partial charge < -0.3 is 0 Å². The molecule has 18 heavy (non-hydrogen) atoms. The van der Waals surface area contributed by atoms with Crippen molar-refractivity contribution in [1.29, 1.82) is 0 Å². The third-order valence-corrected chi connectivity index (χ3v) is 2.39. The fraction of sp³-hybridized carbons (Fsp3) is 0.125. The Hall–Kier alpha value is -2.22. The molecule has 0 unspecified atom stereocenters. The molecule has 2 heterocycles. The Morgan fingerprint density at radius 1 is 1.00 bits per heavy atom. The lowest BCUT2D eigenvalue weighted by Crippen LogP contribution is -1.84. The number of aryl methyl sites for hydroxylation is 1. The van der Waals surface area contributed by atoms with Crippen LogP contribution in [0, 0.1) is 0 Å². The van der Waals surface area contributed by atoms with E-state index in [1.807, 2.05) is 30.5 Å². The molecule has 0 N–H and O–H groups in total. The highest BCUT2D eigenvalue weighted by atomic mass is 14.7. The Bertz CT molecular complexity index is 472. The van der Waals surface area contributed by atoms with E-state index in [2.05, 4.69) is 30.0 Å². The molecule has 2 aromatic rings. The second-order valence-corrected chi connectivity index (χ2v) is 3.63. The lowest BCUT2D eigenvalue weighted by Gasteiger charge is -1.94. The largest absolute Gasteiger partial charge is 0.265 e. The Labute approximate surface area is 109 Å². The van der Waals surface area contributed by atoms with Crippen LogP contribution in [0.15, 0.2) is 56.0 Å². The third-order valence-electron chi connectivity index (χ3n) is 2.39. The number of rotatable bonds is 3. The van der Waals surface area contributed by atoms with Crippen LogP contribution in [0.25, 0.3) is 12.2 Å². The van der Waals surface area contributed by atoms with E-state index >= 15 is 0 Å². The summed E-state index contributed by atoms with van der Waals surface area (Å²) in [6.07, 6.45) is 9.92. The van der Waals surface area contributed by atoms with Gasteiger partial charge >= 0.3 is 0 Å². The van der Waals surface area contributed by atoms with Crippen LogP contribution in [-0.4, -0.2) is 9.97 Å². The highest BCUT2D eigenvalue weighted by Gasteiger charge is 1.88. The average molecular weight is 238 g/mol. The molecular formula is C16H18N2. The van der Waals surface area contributed by atoms with E-state index in [1.165, 1.54) is 0 Å². The second-order valence-electron chi connectivity index (χ2n) is 3.63. The van der Waals surface area contributed by atoms with E-state index in [9.17, 15) is 0 Å². The molecule has 0 radical (unpaired) electrons. The molecule has 2 rings (SSSR count). The molecule has 0 fully saturated rings. The van der Waals surface area contributed by atoms with Gasteiger partial charge in [-0.25, -0.2) is 0 Å². The van der Waals surface area contributed by atoms with E-state index < -0.39 is 0 Å². The second kappa shape index (κ2) is 7.96. The molecule has 2 aromatic heterocycles. The first-order valence-corrected chi connectivity index (χ1v) is 5.90. The molecule has 0 aliphatic rings. The standard InChI is InChI=1S/C9H11N.C7H7N/c1-3-8-5-6-9(4-2)10-7-8;1-2-7-3-5-8-6-4-7/h3,5-7H,1,4H2,2H3;2-6H,1H2. The summed E-state index contributed by atoms with van der Waals surface area (Å²) in [7, 11) is 0. The van der Waals surface area contributed by atoms with E-state index in [0.29, 0.717) is 0 Å². The fourth-order valence-corrected chi connectivity index (χ4v) is 1.27. The highest BCUT2D eigenvalue weighted by Crippen LogP contribution is 2.01. The van der Waals surface area contributed by atoms with Gasteiger partial charge in [-0.1, -0.05) is 38.3 Å². The van der Waals surface area contributed by atoms with Gasteiger partial charge in [0.05, 0.1) is 0 Å². The van der Waals surface area contributed by atoms with Crippen LogP contribution in [0.3, 0.4) is 0 Å². The van der Waals surface area contributed by atoms with Crippen molar-refractivity contribution in [3.8, 4) is 0 Å². The van der Waals surface area contributed by atoms with Gasteiger partial charge in [0.15, 0.2) is 0 Å². The quantitative estimate of drug-likeness (QED) is 0.807. The minimum absolute atomic E-state index is 0.997. The first kappa shape index (κ1) is 13.8. The predicted molar refractivity (Wildman–Crippen MR) is 78.0 cm³/mol. The number of pyridine rings is 2. The lowest BCUT2D eigenvalue weighted by atomic mass is 10.2. The van der Waals surface area contributed by atoms with Gasteiger partial charge in [-0.05, 0) is 35.7 Å². The van der Waals surface area contributed by atoms with Crippen molar-refractivity contribution in [2.24, 2.45) is 0 Å². The molecule has 0 bridgehead atoms. The van der Waals surface area contributed by atoms with Gasteiger partial charge in [-0.15, -0.1) is 0 Å². The third kappa shape index (κ3) is 4.74. The van der Waals surface area contributed by atoms with Crippen molar-refractivity contribution in [2.45, 2.75) is 13.3 Å². The Morgan fingerprint density at radius 3 is 2.06 bits per heavy atom. The van der Waals surface area contributed by atoms with Gasteiger partial charge in [-0.2, -0.15) is 0 Å². The molecule has 0 amide bonds. The maximum atomic E-state index is 4.20. The van der Waals surface area contributed by atoms with Crippen molar-refractivity contribution in [3.63, 3.8) is 0 Å². The zero-order chi connectivity index (χ0) is 13.2. The van der Waals surface area contributed by atoms with Crippen LogP contribution in [0.5, 0.6) is 0 Å². The van der Waals surface area contributed by atoms with Crippen LogP contribution >= 0.6 is 0 Å². The van der Waals surface area contributed by atoms with E-state index in [1.54, 1.807) is 24.5 Å². The highest BCUT2D eigenvalue weighted by molar-refractivity contribution is 5.45. The molecule has 0 saturated heterocycles. The number of hydrogen-bond acceptors (Lipinski definition) is 2. The molecule has 0 spiro atoms. The van der Waals surface area contributed by atoms with E-state index in [4.69, 9.17) is 0 Å². The Kier molecular flexibility index (Phi) is 6.12. The van der Waals surface area contributed by atoms with Crippen LogP contribution in [-0.2, 0) is 6.42 Å². The summed E-state index contributed by atoms with van der Waals surface area (Å²) in [5.41, 5.74) is 3.32. The molecule has 92 valence electrons. The summed E-state index contributed by atoms with van der Waals surface area (Å²) >= 11 is 0. The van der Waals surface area contributed by atoms with Crippen molar-refractivity contribution in [1.82, 2.24) is 9.97 Å². The molecule has 0 aromatic carbocycles. The predicted octanol–water partition coefficient (Wildman–Crippen LogP) is 4.01. The Balaban J connectivity index is 0.000000184. The lowest BCUT2D eigenvalue weighted by molar-refractivity contribution is 1.03. The van der Waals surface area contributed by atoms with Gasteiger partial charge in [0.2, 0.25) is 0 Å². The number of hydrogen-bond donors (Lipinski definition) is 0. The summed E-state index contributed by atoms with van der Waals surface area (Å²) in [5.74, 6) is 0. The summed E-state index contributed by atoms with van der Waals surface area (Å²) in [4.78, 5) is 8.04. The monoisotopic (exact) mass is 238 g/mol. The maximum absolute atomic E-state index is 4.20. The van der Waals surface area contributed by atoms with Crippen LogP contribution in [0.1, 0.15) is 23.7 Å². The van der Waals surface area contributed by atoms with Crippen LogP contribution < -0.4 is 0 Å². The summed E-state index contributed by atoms with van der Waals surface area (Å²) in [6.45, 7) is 9.34. The summed E-state index contributed by atoms with van der Waals surface area (Å²) < 4.78 is 0. The first-order valence-electron chi connectivity index (χ1n) is 5.90. The normalized spacial score (nSPS) is 8.94. The smallest absolute Gasteiger partial charge is 0.0401 e. The van der Waals surface area contributed by atoms with Crippen molar-refractivity contribution in [2.75, 3.05) is 0 Å².